The van der Waals surface area contributed by atoms with E-state index in [1.165, 1.54) is 16.4 Å². The quantitative estimate of drug-likeness (QED) is 0.640. The number of hydrogen-bond donors (Lipinski definition) is 0. The second-order valence-corrected chi connectivity index (χ2v) is 10.2. The minimum atomic E-state index is -3.59. The lowest BCUT2D eigenvalue weighted by molar-refractivity contribution is 0.0310. The number of carbonyl (C=O) groups excluding carboxylic acids is 2. The summed E-state index contributed by atoms with van der Waals surface area (Å²) in [6, 6.07) is 13.8. The zero-order valence-corrected chi connectivity index (χ0v) is 19.3. The van der Waals surface area contributed by atoms with E-state index in [-0.39, 0.29) is 29.4 Å². The van der Waals surface area contributed by atoms with Crippen molar-refractivity contribution in [1.29, 1.82) is 0 Å². The van der Waals surface area contributed by atoms with Crippen molar-refractivity contribution in [3.63, 3.8) is 0 Å². The van der Waals surface area contributed by atoms with Crippen LogP contribution >= 0.6 is 0 Å². The molecular formula is C24H29N3O4S. The fourth-order valence-electron chi connectivity index (χ4n) is 4.57. The summed E-state index contributed by atoms with van der Waals surface area (Å²) in [5, 5.41) is 0. The molecule has 0 saturated carbocycles. The van der Waals surface area contributed by atoms with Crippen LogP contribution < -0.4 is 0 Å². The van der Waals surface area contributed by atoms with E-state index in [9.17, 15) is 18.0 Å². The molecule has 2 amide bonds. The Morgan fingerprint density at radius 2 is 1.69 bits per heavy atom. The molecule has 2 aliphatic heterocycles. The lowest BCUT2D eigenvalue weighted by Gasteiger charge is -2.38. The van der Waals surface area contributed by atoms with Gasteiger partial charge in [0.2, 0.25) is 10.0 Å². The van der Waals surface area contributed by atoms with E-state index in [0.29, 0.717) is 37.2 Å². The molecule has 4 rings (SSSR count). The molecule has 32 heavy (non-hydrogen) atoms. The van der Waals surface area contributed by atoms with E-state index in [4.69, 9.17) is 0 Å². The molecule has 2 heterocycles. The zero-order chi connectivity index (χ0) is 22.9. The molecule has 170 valence electrons. The van der Waals surface area contributed by atoms with Crippen molar-refractivity contribution >= 4 is 21.8 Å². The van der Waals surface area contributed by atoms with Gasteiger partial charge in [-0.2, -0.15) is 4.31 Å². The van der Waals surface area contributed by atoms with Gasteiger partial charge in [-0.15, -0.1) is 0 Å². The van der Waals surface area contributed by atoms with Crippen molar-refractivity contribution in [2.45, 2.75) is 44.0 Å². The highest BCUT2D eigenvalue weighted by atomic mass is 32.2. The summed E-state index contributed by atoms with van der Waals surface area (Å²) < 4.78 is 27.4. The van der Waals surface area contributed by atoms with Gasteiger partial charge in [-0.3, -0.25) is 9.59 Å². The van der Waals surface area contributed by atoms with Gasteiger partial charge in [0.05, 0.1) is 17.6 Å². The Labute approximate surface area is 189 Å². The second kappa shape index (κ2) is 9.03. The number of rotatable bonds is 7. The molecule has 2 aromatic carbocycles. The van der Waals surface area contributed by atoms with Crippen molar-refractivity contribution in [2.75, 3.05) is 26.3 Å². The van der Waals surface area contributed by atoms with E-state index in [1.54, 1.807) is 21.9 Å². The van der Waals surface area contributed by atoms with Crippen LogP contribution in [0.25, 0.3) is 0 Å². The first-order valence-electron chi connectivity index (χ1n) is 11.2. The van der Waals surface area contributed by atoms with Gasteiger partial charge in [-0.1, -0.05) is 32.0 Å². The summed E-state index contributed by atoms with van der Waals surface area (Å²) in [5.74, 6) is -0.244. The van der Waals surface area contributed by atoms with Crippen molar-refractivity contribution in [3.05, 3.63) is 65.2 Å². The van der Waals surface area contributed by atoms with E-state index in [1.807, 2.05) is 38.1 Å². The van der Waals surface area contributed by atoms with Crippen LogP contribution in [0.1, 0.15) is 65.4 Å². The summed E-state index contributed by atoms with van der Waals surface area (Å²) in [6.07, 6.45) is 2.17. The Hall–Kier alpha value is -2.71. The van der Waals surface area contributed by atoms with Crippen LogP contribution in [0.3, 0.4) is 0 Å². The summed E-state index contributed by atoms with van der Waals surface area (Å²) in [7, 11) is -3.59. The smallest absolute Gasteiger partial charge is 0.256 e. The molecule has 2 aliphatic rings. The molecule has 1 atom stereocenters. The maximum atomic E-state index is 13.1. The number of nitrogens with zero attached hydrogens (tertiary/aromatic N) is 3. The first-order chi connectivity index (χ1) is 15.4. The number of sulfonamides is 1. The van der Waals surface area contributed by atoms with Crippen LogP contribution in [-0.2, 0) is 10.0 Å². The lowest BCUT2D eigenvalue weighted by Crippen LogP contribution is -2.48. The van der Waals surface area contributed by atoms with Gasteiger partial charge in [0.1, 0.15) is 0 Å². The van der Waals surface area contributed by atoms with Gasteiger partial charge < -0.3 is 9.80 Å². The highest BCUT2D eigenvalue weighted by Crippen LogP contribution is 2.38. The number of carbonyl (C=O) groups is 2. The van der Waals surface area contributed by atoms with Crippen LogP contribution in [0.15, 0.2) is 53.4 Å². The van der Waals surface area contributed by atoms with Crippen LogP contribution in [0.5, 0.6) is 0 Å². The molecule has 1 saturated heterocycles. The molecule has 0 unspecified atom stereocenters. The van der Waals surface area contributed by atoms with Crippen molar-refractivity contribution in [1.82, 2.24) is 14.1 Å². The van der Waals surface area contributed by atoms with Crippen LogP contribution in [0.2, 0.25) is 0 Å². The molecule has 1 fully saturated rings. The summed E-state index contributed by atoms with van der Waals surface area (Å²) >= 11 is 0. The summed E-state index contributed by atoms with van der Waals surface area (Å²) in [5.41, 5.74) is 2.16. The normalized spacial score (nSPS) is 18.1. The van der Waals surface area contributed by atoms with E-state index < -0.39 is 10.0 Å². The Bertz CT molecular complexity index is 1110. The molecule has 0 bridgehead atoms. The zero-order valence-electron chi connectivity index (χ0n) is 18.5. The highest BCUT2D eigenvalue weighted by Gasteiger charge is 2.41. The van der Waals surface area contributed by atoms with Crippen molar-refractivity contribution in [3.8, 4) is 0 Å². The SMILES string of the molecule is CCCN(CCC)S(=O)(=O)c1ccc(C(=O)N2CC[C@H]3c4ccccc4C(=O)N3C2)cc1. The second-order valence-electron chi connectivity index (χ2n) is 8.31. The Balaban J connectivity index is 1.49. The van der Waals surface area contributed by atoms with E-state index >= 15 is 0 Å². The Morgan fingerprint density at radius 1 is 1.03 bits per heavy atom. The third-order valence-corrected chi connectivity index (χ3v) is 8.07. The van der Waals surface area contributed by atoms with Crippen molar-refractivity contribution < 1.29 is 18.0 Å². The summed E-state index contributed by atoms with van der Waals surface area (Å²) in [4.78, 5) is 29.5. The molecule has 0 aliphatic carbocycles. The average molecular weight is 456 g/mol. The number of amides is 2. The summed E-state index contributed by atoms with van der Waals surface area (Å²) in [6.45, 7) is 5.62. The number of fused-ring (bicyclic) bond motifs is 3. The molecule has 7 nitrogen and oxygen atoms in total. The molecule has 8 heteroatoms. The highest BCUT2D eigenvalue weighted by molar-refractivity contribution is 7.89. The molecule has 2 aromatic rings. The topological polar surface area (TPSA) is 78.0 Å². The minimum absolute atomic E-state index is 0.0124. The molecular weight excluding hydrogens is 426 g/mol. The maximum Gasteiger partial charge on any atom is 0.256 e. The third-order valence-electron chi connectivity index (χ3n) is 6.16. The Morgan fingerprint density at radius 3 is 2.34 bits per heavy atom. The molecule has 0 spiro atoms. The average Bonchev–Trinajstić information content (AvgIpc) is 3.10. The number of benzene rings is 2. The minimum Gasteiger partial charge on any atom is -0.321 e. The van der Waals surface area contributed by atoms with Crippen molar-refractivity contribution in [2.24, 2.45) is 0 Å². The number of hydrogen-bond acceptors (Lipinski definition) is 4. The largest absolute Gasteiger partial charge is 0.321 e. The van der Waals surface area contributed by atoms with E-state index in [0.717, 1.165) is 18.4 Å². The Kier molecular flexibility index (Phi) is 6.35. The predicted molar refractivity (Wildman–Crippen MR) is 122 cm³/mol. The van der Waals surface area contributed by atoms with Gasteiger partial charge in [0.25, 0.3) is 11.8 Å². The molecule has 0 aromatic heterocycles. The molecule has 0 radical (unpaired) electrons. The predicted octanol–water partition coefficient (Wildman–Crippen LogP) is 3.50. The van der Waals surface area contributed by atoms with Gasteiger partial charge in [0, 0.05) is 30.8 Å². The van der Waals surface area contributed by atoms with Gasteiger partial charge in [-0.05, 0) is 55.2 Å². The fourth-order valence-corrected chi connectivity index (χ4v) is 6.20. The standard InChI is InChI=1S/C24H29N3O4S/c1-3-14-26(15-4-2)32(30,31)19-11-9-18(10-12-19)23(28)25-16-13-22-20-7-5-6-8-21(20)24(29)27(22)17-25/h5-12,22H,3-4,13-17H2,1-2H3/t22-/m0/s1. The lowest BCUT2D eigenvalue weighted by atomic mass is 10.0. The fraction of sp³-hybridized carbons (Fsp3) is 0.417. The van der Waals surface area contributed by atoms with Gasteiger partial charge in [-0.25, -0.2) is 8.42 Å². The van der Waals surface area contributed by atoms with Crippen LogP contribution in [-0.4, -0.2) is 60.6 Å². The molecule has 0 N–H and O–H groups in total. The first kappa shape index (κ1) is 22.5. The van der Waals surface area contributed by atoms with Crippen LogP contribution in [0.4, 0.5) is 0 Å². The third kappa shape index (κ3) is 3.93. The van der Waals surface area contributed by atoms with Gasteiger partial charge in [0.15, 0.2) is 0 Å². The first-order valence-corrected chi connectivity index (χ1v) is 12.6. The maximum absolute atomic E-state index is 13.1. The monoisotopic (exact) mass is 455 g/mol. The van der Waals surface area contributed by atoms with E-state index in [2.05, 4.69) is 0 Å². The van der Waals surface area contributed by atoms with Gasteiger partial charge >= 0.3 is 0 Å². The van der Waals surface area contributed by atoms with Crippen LogP contribution in [0, 0.1) is 0 Å².